The van der Waals surface area contributed by atoms with Crippen molar-refractivity contribution < 1.29 is 19.8 Å². The van der Waals surface area contributed by atoms with Crippen LogP contribution in [-0.2, 0) is 4.79 Å². The number of nitrogens with one attached hydrogen (secondary N) is 1. The maximum absolute atomic E-state index is 11.9. The van der Waals surface area contributed by atoms with Crippen LogP contribution in [0.1, 0.15) is 35.2 Å². The number of carbonyl (C=O) groups excluding carboxylic acids is 1. The summed E-state index contributed by atoms with van der Waals surface area (Å²) in [6.45, 7) is -0.00406. The molecule has 1 amide bonds. The van der Waals surface area contributed by atoms with Gasteiger partial charge in [0.05, 0.1) is 11.6 Å². The zero-order chi connectivity index (χ0) is 15.0. The van der Waals surface area contributed by atoms with E-state index in [0.29, 0.717) is 24.0 Å². The van der Waals surface area contributed by atoms with Crippen LogP contribution in [0.25, 0.3) is 0 Å². The average Bonchev–Trinajstić information content (AvgIpc) is 2.46. The largest absolute Gasteiger partial charge is 0.480 e. The van der Waals surface area contributed by atoms with Crippen LogP contribution >= 0.6 is 0 Å². The molecular weight excluding hydrogens is 260 g/mol. The van der Waals surface area contributed by atoms with Gasteiger partial charge in [-0.3, -0.25) is 4.79 Å². The van der Waals surface area contributed by atoms with Gasteiger partial charge in [-0.15, -0.1) is 0 Å². The molecule has 1 rings (SSSR count). The Morgan fingerprint density at radius 2 is 1.90 bits per heavy atom. The second-order valence-corrected chi connectivity index (χ2v) is 4.27. The highest BCUT2D eigenvalue weighted by molar-refractivity contribution is 5.96. The smallest absolute Gasteiger partial charge is 0.326 e. The van der Waals surface area contributed by atoms with Crippen molar-refractivity contribution in [3.8, 4) is 6.07 Å². The monoisotopic (exact) mass is 276 g/mol. The molecule has 106 valence electrons. The number of unbranched alkanes of at least 4 members (excludes halogenated alkanes) is 1. The number of carboxylic acids is 1. The molecule has 0 aromatic heterocycles. The number of hydrogen-bond donors (Lipinski definition) is 3. The van der Waals surface area contributed by atoms with E-state index in [1.54, 1.807) is 0 Å². The topological polar surface area (TPSA) is 110 Å². The van der Waals surface area contributed by atoms with Gasteiger partial charge in [-0.2, -0.15) is 5.26 Å². The van der Waals surface area contributed by atoms with E-state index < -0.39 is 17.9 Å². The Hall–Kier alpha value is -2.39. The summed E-state index contributed by atoms with van der Waals surface area (Å²) in [6.07, 6.45) is 1.27. The van der Waals surface area contributed by atoms with E-state index in [1.165, 1.54) is 24.3 Å². The number of aliphatic hydroxyl groups is 1. The minimum atomic E-state index is -1.11. The minimum Gasteiger partial charge on any atom is -0.480 e. The van der Waals surface area contributed by atoms with Crippen molar-refractivity contribution >= 4 is 11.9 Å². The number of amides is 1. The number of carboxylic acid groups (broad SMARTS) is 1. The SMILES string of the molecule is N#Cc1ccc(C(=O)N[C@@H](CCCCO)C(=O)O)cc1. The highest BCUT2D eigenvalue weighted by Crippen LogP contribution is 2.06. The lowest BCUT2D eigenvalue weighted by Crippen LogP contribution is -2.40. The molecule has 6 nitrogen and oxygen atoms in total. The van der Waals surface area contributed by atoms with Gasteiger partial charge in [0.2, 0.25) is 0 Å². The summed E-state index contributed by atoms with van der Waals surface area (Å²) >= 11 is 0. The third-order valence-corrected chi connectivity index (χ3v) is 2.78. The molecule has 0 saturated carbocycles. The fourth-order valence-corrected chi connectivity index (χ4v) is 1.66. The number of hydrogen-bond acceptors (Lipinski definition) is 4. The van der Waals surface area contributed by atoms with Gasteiger partial charge in [0.15, 0.2) is 0 Å². The summed E-state index contributed by atoms with van der Waals surface area (Å²) in [5.74, 6) is -1.60. The standard InChI is InChI=1S/C14H16N2O4/c15-9-10-4-6-11(7-5-10)13(18)16-12(14(19)20)3-1-2-8-17/h4-7,12,17H,1-3,8H2,(H,16,18)(H,19,20)/t12-/m0/s1. The van der Waals surface area contributed by atoms with Crippen molar-refractivity contribution in [1.29, 1.82) is 5.26 Å². The lowest BCUT2D eigenvalue weighted by molar-refractivity contribution is -0.139. The van der Waals surface area contributed by atoms with Crippen LogP contribution < -0.4 is 5.32 Å². The van der Waals surface area contributed by atoms with E-state index in [4.69, 9.17) is 15.5 Å². The van der Waals surface area contributed by atoms with E-state index in [1.807, 2.05) is 6.07 Å². The number of aliphatic carboxylic acids is 1. The Balaban J connectivity index is 2.65. The van der Waals surface area contributed by atoms with Crippen molar-refractivity contribution in [2.24, 2.45) is 0 Å². The molecule has 0 aliphatic carbocycles. The van der Waals surface area contributed by atoms with Crippen LogP contribution in [0.2, 0.25) is 0 Å². The molecule has 0 heterocycles. The summed E-state index contributed by atoms with van der Waals surface area (Å²) in [6, 6.07) is 6.89. The number of nitriles is 1. The zero-order valence-corrected chi connectivity index (χ0v) is 10.9. The lowest BCUT2D eigenvalue weighted by atomic mass is 10.1. The van der Waals surface area contributed by atoms with E-state index >= 15 is 0 Å². The third-order valence-electron chi connectivity index (χ3n) is 2.78. The second kappa shape index (κ2) is 7.92. The molecule has 0 radical (unpaired) electrons. The Bertz CT molecular complexity index is 505. The van der Waals surface area contributed by atoms with Gasteiger partial charge >= 0.3 is 5.97 Å². The van der Waals surface area contributed by atoms with Gasteiger partial charge in [-0.1, -0.05) is 0 Å². The molecule has 0 bridgehead atoms. The first-order valence-electron chi connectivity index (χ1n) is 6.23. The minimum absolute atomic E-state index is 0.00406. The highest BCUT2D eigenvalue weighted by Gasteiger charge is 2.20. The molecule has 1 aromatic carbocycles. The van der Waals surface area contributed by atoms with Crippen molar-refractivity contribution in [2.75, 3.05) is 6.61 Å². The van der Waals surface area contributed by atoms with Gasteiger partial charge in [-0.25, -0.2) is 4.79 Å². The number of benzene rings is 1. The first kappa shape index (κ1) is 15.7. The van der Waals surface area contributed by atoms with Crippen LogP contribution in [0.15, 0.2) is 24.3 Å². The first-order valence-corrected chi connectivity index (χ1v) is 6.23. The third kappa shape index (κ3) is 4.71. The Kier molecular flexibility index (Phi) is 6.20. The van der Waals surface area contributed by atoms with Crippen molar-refractivity contribution in [1.82, 2.24) is 5.32 Å². The van der Waals surface area contributed by atoms with E-state index in [0.717, 1.165) is 0 Å². The van der Waals surface area contributed by atoms with Gasteiger partial charge in [0.25, 0.3) is 5.91 Å². The number of nitrogens with zero attached hydrogens (tertiary/aromatic N) is 1. The average molecular weight is 276 g/mol. The lowest BCUT2D eigenvalue weighted by Gasteiger charge is -2.14. The van der Waals surface area contributed by atoms with Crippen molar-refractivity contribution in [3.63, 3.8) is 0 Å². The molecule has 0 aliphatic rings. The van der Waals surface area contributed by atoms with Crippen LogP contribution in [0.4, 0.5) is 0 Å². The summed E-state index contributed by atoms with van der Waals surface area (Å²) in [5.41, 5.74) is 0.733. The maximum atomic E-state index is 11.9. The Morgan fingerprint density at radius 3 is 2.40 bits per heavy atom. The van der Waals surface area contributed by atoms with Crippen LogP contribution in [0, 0.1) is 11.3 Å². The molecule has 0 aliphatic heterocycles. The maximum Gasteiger partial charge on any atom is 0.326 e. The molecule has 1 atom stereocenters. The fourth-order valence-electron chi connectivity index (χ4n) is 1.66. The molecule has 20 heavy (non-hydrogen) atoms. The van der Waals surface area contributed by atoms with Crippen LogP contribution in [-0.4, -0.2) is 34.7 Å². The van der Waals surface area contributed by atoms with E-state index in [-0.39, 0.29) is 13.0 Å². The Morgan fingerprint density at radius 1 is 1.25 bits per heavy atom. The Labute approximate surface area is 116 Å². The number of rotatable bonds is 7. The van der Waals surface area contributed by atoms with Crippen molar-refractivity contribution in [2.45, 2.75) is 25.3 Å². The van der Waals surface area contributed by atoms with Crippen LogP contribution in [0.3, 0.4) is 0 Å². The summed E-state index contributed by atoms with van der Waals surface area (Å²) in [4.78, 5) is 22.9. The van der Waals surface area contributed by atoms with E-state index in [2.05, 4.69) is 5.32 Å². The predicted octanol–water partition coefficient (Wildman–Crippen LogP) is 0.904. The molecule has 1 aromatic rings. The number of carbonyl (C=O) groups is 2. The van der Waals surface area contributed by atoms with Crippen LogP contribution in [0.5, 0.6) is 0 Å². The molecule has 0 spiro atoms. The molecule has 6 heteroatoms. The van der Waals surface area contributed by atoms with Gasteiger partial charge < -0.3 is 15.5 Å². The normalized spacial score (nSPS) is 11.4. The summed E-state index contributed by atoms with van der Waals surface area (Å²) in [5, 5.41) is 28.8. The van der Waals surface area contributed by atoms with E-state index in [9.17, 15) is 9.59 Å². The van der Waals surface area contributed by atoms with Gasteiger partial charge in [0.1, 0.15) is 6.04 Å². The highest BCUT2D eigenvalue weighted by atomic mass is 16.4. The summed E-state index contributed by atoms with van der Waals surface area (Å²) < 4.78 is 0. The molecule has 0 fully saturated rings. The zero-order valence-electron chi connectivity index (χ0n) is 10.9. The second-order valence-electron chi connectivity index (χ2n) is 4.27. The number of aliphatic hydroxyl groups excluding tert-OH is 1. The summed E-state index contributed by atoms with van der Waals surface area (Å²) in [7, 11) is 0. The molecule has 0 saturated heterocycles. The molecular formula is C14H16N2O4. The molecule has 3 N–H and O–H groups in total. The fraction of sp³-hybridized carbons (Fsp3) is 0.357. The van der Waals surface area contributed by atoms with Crippen molar-refractivity contribution in [3.05, 3.63) is 35.4 Å². The first-order chi connectivity index (χ1) is 9.58. The predicted molar refractivity (Wildman–Crippen MR) is 71.0 cm³/mol. The molecule has 0 unspecified atom stereocenters. The quantitative estimate of drug-likeness (QED) is 0.641. The van der Waals surface area contributed by atoms with Gasteiger partial charge in [0, 0.05) is 12.2 Å². The van der Waals surface area contributed by atoms with Gasteiger partial charge in [-0.05, 0) is 43.5 Å².